The molecule has 0 saturated carbocycles. The number of hydrogen-bond acceptors (Lipinski definition) is 1. The van der Waals surface area contributed by atoms with E-state index in [1.807, 2.05) is 0 Å². The van der Waals surface area contributed by atoms with Gasteiger partial charge in [-0.1, -0.05) is 19.4 Å². The molecule has 0 aliphatic carbocycles. The van der Waals surface area contributed by atoms with Crippen molar-refractivity contribution in [1.29, 1.82) is 0 Å². The smallest absolute Gasteiger partial charge is 0.129 e. The molecule has 1 nitrogen and oxygen atoms in total. The summed E-state index contributed by atoms with van der Waals surface area (Å²) in [5, 5.41) is 3.42. The van der Waals surface area contributed by atoms with Gasteiger partial charge in [-0.05, 0) is 58.2 Å². The molecule has 108 valence electrons. The molecule has 1 atom stereocenters. The zero-order valence-electron chi connectivity index (χ0n) is 12.4. The van der Waals surface area contributed by atoms with Crippen LogP contribution in [0.1, 0.15) is 46.1 Å². The van der Waals surface area contributed by atoms with Gasteiger partial charge in [-0.15, -0.1) is 0 Å². The Hall–Kier alpha value is -0.960. The second-order valence-corrected chi connectivity index (χ2v) is 6.19. The minimum absolute atomic E-state index is 0.0275. The second kappa shape index (κ2) is 6.99. The molecular formula is C16H25F2N. The number of benzene rings is 1. The van der Waals surface area contributed by atoms with E-state index in [4.69, 9.17) is 0 Å². The van der Waals surface area contributed by atoms with E-state index in [1.165, 1.54) is 18.2 Å². The quantitative estimate of drug-likeness (QED) is 0.811. The average molecular weight is 269 g/mol. The monoisotopic (exact) mass is 269 g/mol. The van der Waals surface area contributed by atoms with Gasteiger partial charge in [-0.2, -0.15) is 0 Å². The first-order chi connectivity index (χ1) is 8.83. The maximum atomic E-state index is 13.7. The van der Waals surface area contributed by atoms with Crippen molar-refractivity contribution >= 4 is 0 Å². The summed E-state index contributed by atoms with van der Waals surface area (Å²) in [5.41, 5.74) is 0.247. The van der Waals surface area contributed by atoms with Gasteiger partial charge in [-0.25, -0.2) is 8.78 Å². The SMILES string of the molecule is CCCC(CNC(C)(C)C)Cc1c(F)cccc1F. The van der Waals surface area contributed by atoms with Crippen LogP contribution < -0.4 is 5.32 Å². The van der Waals surface area contributed by atoms with E-state index in [9.17, 15) is 8.78 Å². The molecule has 0 aliphatic heterocycles. The maximum Gasteiger partial charge on any atom is 0.129 e. The largest absolute Gasteiger partial charge is 0.312 e. The van der Waals surface area contributed by atoms with Gasteiger partial charge < -0.3 is 5.32 Å². The standard InChI is InChI=1S/C16H25F2N/c1-5-7-12(11-19-16(2,3)4)10-13-14(17)8-6-9-15(13)18/h6,8-9,12,19H,5,7,10-11H2,1-4H3. The predicted molar refractivity (Wildman–Crippen MR) is 76.2 cm³/mol. The highest BCUT2D eigenvalue weighted by molar-refractivity contribution is 5.20. The van der Waals surface area contributed by atoms with Gasteiger partial charge in [0.05, 0.1) is 0 Å². The summed E-state index contributed by atoms with van der Waals surface area (Å²) in [6, 6.07) is 4.08. The highest BCUT2D eigenvalue weighted by Gasteiger charge is 2.17. The van der Waals surface area contributed by atoms with Crippen molar-refractivity contribution in [2.24, 2.45) is 5.92 Å². The Balaban J connectivity index is 2.72. The van der Waals surface area contributed by atoms with E-state index in [2.05, 4.69) is 33.0 Å². The summed E-state index contributed by atoms with van der Waals surface area (Å²) in [5.74, 6) is -0.607. The van der Waals surface area contributed by atoms with Gasteiger partial charge in [-0.3, -0.25) is 0 Å². The third kappa shape index (κ3) is 5.68. The Morgan fingerprint density at radius 2 is 1.74 bits per heavy atom. The highest BCUT2D eigenvalue weighted by Crippen LogP contribution is 2.20. The third-order valence-electron chi connectivity index (χ3n) is 3.17. The molecule has 0 radical (unpaired) electrons. The molecule has 19 heavy (non-hydrogen) atoms. The van der Waals surface area contributed by atoms with E-state index < -0.39 is 11.6 Å². The van der Waals surface area contributed by atoms with E-state index in [0.717, 1.165) is 19.4 Å². The summed E-state index contributed by atoms with van der Waals surface area (Å²) in [6.07, 6.45) is 2.44. The molecule has 1 aromatic carbocycles. The fraction of sp³-hybridized carbons (Fsp3) is 0.625. The van der Waals surface area contributed by atoms with Crippen LogP contribution in [0.15, 0.2) is 18.2 Å². The van der Waals surface area contributed by atoms with Crippen molar-refractivity contribution in [2.75, 3.05) is 6.54 Å². The highest BCUT2D eigenvalue weighted by atomic mass is 19.1. The van der Waals surface area contributed by atoms with Gasteiger partial charge in [0.1, 0.15) is 11.6 Å². The summed E-state index contributed by atoms with van der Waals surface area (Å²) in [7, 11) is 0. The van der Waals surface area contributed by atoms with E-state index in [1.54, 1.807) is 0 Å². The number of halogens is 2. The molecule has 3 heteroatoms. The molecular weight excluding hydrogens is 244 g/mol. The lowest BCUT2D eigenvalue weighted by Crippen LogP contribution is -2.39. The van der Waals surface area contributed by atoms with Crippen LogP contribution >= 0.6 is 0 Å². The van der Waals surface area contributed by atoms with Crippen LogP contribution in [-0.4, -0.2) is 12.1 Å². The molecule has 0 saturated heterocycles. The van der Waals surface area contributed by atoms with E-state index >= 15 is 0 Å². The van der Waals surface area contributed by atoms with Crippen molar-refractivity contribution in [1.82, 2.24) is 5.32 Å². The zero-order valence-corrected chi connectivity index (χ0v) is 12.4. The zero-order chi connectivity index (χ0) is 14.5. The summed E-state index contributed by atoms with van der Waals surface area (Å²) in [4.78, 5) is 0. The third-order valence-corrected chi connectivity index (χ3v) is 3.17. The van der Waals surface area contributed by atoms with Crippen molar-refractivity contribution in [3.05, 3.63) is 35.4 Å². The first kappa shape index (κ1) is 16.1. The fourth-order valence-corrected chi connectivity index (χ4v) is 2.15. The maximum absolute atomic E-state index is 13.7. The lowest BCUT2D eigenvalue weighted by atomic mass is 9.93. The van der Waals surface area contributed by atoms with Gasteiger partial charge >= 0.3 is 0 Å². The van der Waals surface area contributed by atoms with Crippen LogP contribution in [0.2, 0.25) is 0 Å². The second-order valence-electron chi connectivity index (χ2n) is 6.19. The van der Waals surface area contributed by atoms with Crippen LogP contribution in [0.25, 0.3) is 0 Å². The lowest BCUT2D eigenvalue weighted by Gasteiger charge is -2.25. The van der Waals surface area contributed by atoms with Crippen molar-refractivity contribution in [3.8, 4) is 0 Å². The predicted octanol–water partition coefficient (Wildman–Crippen LogP) is 4.31. The van der Waals surface area contributed by atoms with Crippen LogP contribution in [0.5, 0.6) is 0 Å². The normalized spacial score (nSPS) is 13.6. The molecule has 1 N–H and O–H groups in total. The van der Waals surface area contributed by atoms with Crippen LogP contribution in [0.4, 0.5) is 8.78 Å². The Kier molecular flexibility index (Phi) is 5.92. The molecule has 1 aromatic rings. The number of nitrogens with one attached hydrogen (secondary N) is 1. The van der Waals surface area contributed by atoms with E-state index in [0.29, 0.717) is 6.42 Å². The van der Waals surface area contributed by atoms with Crippen molar-refractivity contribution in [2.45, 2.75) is 52.5 Å². The Morgan fingerprint density at radius 3 is 2.21 bits per heavy atom. The summed E-state index contributed by atoms with van der Waals surface area (Å²) < 4.78 is 27.3. The number of rotatable bonds is 6. The molecule has 0 heterocycles. The number of hydrogen-bond donors (Lipinski definition) is 1. The molecule has 0 bridgehead atoms. The average Bonchev–Trinajstić information content (AvgIpc) is 2.30. The molecule has 0 aromatic heterocycles. The minimum Gasteiger partial charge on any atom is -0.312 e. The first-order valence-corrected chi connectivity index (χ1v) is 7.01. The van der Waals surface area contributed by atoms with Gasteiger partial charge in [0.15, 0.2) is 0 Å². The molecule has 0 amide bonds. The molecule has 0 fully saturated rings. The lowest BCUT2D eigenvalue weighted by molar-refractivity contribution is 0.350. The van der Waals surface area contributed by atoms with Crippen LogP contribution in [0, 0.1) is 17.6 Å². The molecule has 1 rings (SSSR count). The van der Waals surface area contributed by atoms with Crippen molar-refractivity contribution in [3.63, 3.8) is 0 Å². The topological polar surface area (TPSA) is 12.0 Å². The summed E-state index contributed by atoms with van der Waals surface area (Å²) >= 11 is 0. The first-order valence-electron chi connectivity index (χ1n) is 7.01. The minimum atomic E-state index is -0.433. The fourth-order valence-electron chi connectivity index (χ4n) is 2.15. The summed E-state index contributed by atoms with van der Waals surface area (Å²) in [6.45, 7) is 9.17. The van der Waals surface area contributed by atoms with E-state index in [-0.39, 0.29) is 17.0 Å². The molecule has 1 unspecified atom stereocenters. The van der Waals surface area contributed by atoms with Gasteiger partial charge in [0.25, 0.3) is 0 Å². The van der Waals surface area contributed by atoms with Crippen LogP contribution in [-0.2, 0) is 6.42 Å². The molecule has 0 aliphatic rings. The van der Waals surface area contributed by atoms with Gasteiger partial charge in [0.2, 0.25) is 0 Å². The van der Waals surface area contributed by atoms with Gasteiger partial charge in [0, 0.05) is 11.1 Å². The Labute approximate surface area is 115 Å². The van der Waals surface area contributed by atoms with Crippen molar-refractivity contribution < 1.29 is 8.78 Å². The Bertz CT molecular complexity index is 376. The Morgan fingerprint density at radius 1 is 1.16 bits per heavy atom. The van der Waals surface area contributed by atoms with Crippen LogP contribution in [0.3, 0.4) is 0 Å². The molecule has 0 spiro atoms.